The lowest BCUT2D eigenvalue weighted by Crippen LogP contribution is -2.50. The molecule has 3 heteroatoms. The van der Waals surface area contributed by atoms with Crippen LogP contribution >= 0.6 is 0 Å². The number of nitrogens with zero attached hydrogens (tertiary/aromatic N) is 1. The SMILES string of the molecule is CC1(C)CCc2c(cc(C(C)(C)C)cc2-c2cccc(N3CC(C(=O)O)C3)c2)C1. The zero-order valence-corrected chi connectivity index (χ0v) is 18.4. The molecule has 2 aromatic rings. The summed E-state index contributed by atoms with van der Waals surface area (Å²) in [4.78, 5) is 13.3. The summed E-state index contributed by atoms with van der Waals surface area (Å²) < 4.78 is 0. The van der Waals surface area contributed by atoms with Crippen LogP contribution in [0.3, 0.4) is 0 Å². The van der Waals surface area contributed by atoms with E-state index >= 15 is 0 Å². The van der Waals surface area contributed by atoms with Crippen LogP contribution in [0.4, 0.5) is 5.69 Å². The Morgan fingerprint density at radius 2 is 1.86 bits per heavy atom. The van der Waals surface area contributed by atoms with E-state index in [1.165, 1.54) is 34.2 Å². The molecule has 0 amide bonds. The van der Waals surface area contributed by atoms with E-state index in [2.05, 4.69) is 75.9 Å². The maximum atomic E-state index is 11.2. The van der Waals surface area contributed by atoms with Gasteiger partial charge < -0.3 is 10.0 Å². The van der Waals surface area contributed by atoms with Crippen molar-refractivity contribution in [3.8, 4) is 11.1 Å². The number of benzene rings is 2. The summed E-state index contributed by atoms with van der Waals surface area (Å²) in [5, 5.41) is 9.19. The highest BCUT2D eigenvalue weighted by molar-refractivity contribution is 5.77. The van der Waals surface area contributed by atoms with Gasteiger partial charge in [0.2, 0.25) is 0 Å². The van der Waals surface area contributed by atoms with Gasteiger partial charge in [0, 0.05) is 18.8 Å². The van der Waals surface area contributed by atoms with Crippen LogP contribution in [0.5, 0.6) is 0 Å². The molecule has 1 fully saturated rings. The number of carbonyl (C=O) groups is 1. The van der Waals surface area contributed by atoms with Crippen molar-refractivity contribution in [3.63, 3.8) is 0 Å². The Balaban J connectivity index is 1.75. The fourth-order valence-corrected chi connectivity index (χ4v) is 4.66. The average molecular weight is 392 g/mol. The quantitative estimate of drug-likeness (QED) is 0.731. The molecule has 1 aliphatic carbocycles. The molecule has 1 heterocycles. The fraction of sp³-hybridized carbons (Fsp3) is 0.500. The number of rotatable bonds is 3. The first-order valence-corrected chi connectivity index (χ1v) is 10.8. The second-order valence-electron chi connectivity index (χ2n) is 10.7. The standard InChI is InChI=1S/C26H33NO2/c1-25(2,3)20-11-18-14-26(4,5)10-9-22(18)23(13-20)17-7-6-8-21(12-17)27-15-19(16-27)24(28)29/h6-8,11-13,19H,9-10,14-16H2,1-5H3,(H,28,29). The molecule has 0 radical (unpaired) electrons. The molecular weight excluding hydrogens is 358 g/mol. The van der Waals surface area contributed by atoms with E-state index in [1.54, 1.807) is 0 Å². The van der Waals surface area contributed by atoms with Gasteiger partial charge >= 0.3 is 5.97 Å². The highest BCUT2D eigenvalue weighted by Gasteiger charge is 2.33. The molecule has 0 spiro atoms. The van der Waals surface area contributed by atoms with Crippen molar-refractivity contribution in [1.29, 1.82) is 0 Å². The van der Waals surface area contributed by atoms with E-state index in [9.17, 15) is 9.90 Å². The van der Waals surface area contributed by atoms with Gasteiger partial charge in [0.1, 0.15) is 0 Å². The van der Waals surface area contributed by atoms with Gasteiger partial charge in [-0.2, -0.15) is 0 Å². The third-order valence-electron chi connectivity index (χ3n) is 6.68. The summed E-state index contributed by atoms with van der Waals surface area (Å²) in [5.74, 6) is -0.926. The molecule has 3 nitrogen and oxygen atoms in total. The molecule has 29 heavy (non-hydrogen) atoms. The smallest absolute Gasteiger partial charge is 0.310 e. The van der Waals surface area contributed by atoms with Crippen molar-refractivity contribution < 1.29 is 9.90 Å². The minimum atomic E-state index is -0.688. The van der Waals surface area contributed by atoms with Gasteiger partial charge in [-0.15, -0.1) is 0 Å². The molecule has 1 N–H and O–H groups in total. The number of carboxylic acids is 1. The Morgan fingerprint density at radius 3 is 2.52 bits per heavy atom. The van der Waals surface area contributed by atoms with Crippen molar-refractivity contribution >= 4 is 11.7 Å². The van der Waals surface area contributed by atoms with Gasteiger partial charge in [-0.1, -0.05) is 58.9 Å². The van der Waals surface area contributed by atoms with Crippen LogP contribution in [0.2, 0.25) is 0 Å². The predicted octanol–water partition coefficient (Wildman–Crippen LogP) is 5.69. The molecular formula is C26H33NO2. The Morgan fingerprint density at radius 1 is 1.14 bits per heavy atom. The number of fused-ring (bicyclic) bond motifs is 1. The normalized spacial score (nSPS) is 18.9. The molecule has 0 bridgehead atoms. The zero-order chi connectivity index (χ0) is 21.0. The molecule has 4 rings (SSSR count). The fourth-order valence-electron chi connectivity index (χ4n) is 4.66. The lowest BCUT2D eigenvalue weighted by atomic mass is 9.71. The van der Waals surface area contributed by atoms with Gasteiger partial charge in [-0.25, -0.2) is 0 Å². The van der Waals surface area contributed by atoms with Crippen LogP contribution in [-0.4, -0.2) is 24.2 Å². The van der Waals surface area contributed by atoms with Crippen LogP contribution in [0.1, 0.15) is 57.7 Å². The van der Waals surface area contributed by atoms with Crippen LogP contribution in [0.25, 0.3) is 11.1 Å². The Kier molecular flexibility index (Phi) is 4.76. The number of anilines is 1. The first-order valence-electron chi connectivity index (χ1n) is 10.8. The first kappa shape index (κ1) is 20.0. The van der Waals surface area contributed by atoms with Crippen LogP contribution in [-0.2, 0) is 23.1 Å². The van der Waals surface area contributed by atoms with Crippen LogP contribution in [0.15, 0.2) is 36.4 Å². The van der Waals surface area contributed by atoms with Crippen LogP contribution in [0, 0.1) is 11.3 Å². The highest BCUT2D eigenvalue weighted by Crippen LogP contribution is 2.42. The van der Waals surface area contributed by atoms with Crippen LogP contribution < -0.4 is 4.90 Å². The van der Waals surface area contributed by atoms with Gasteiger partial charge in [0.25, 0.3) is 0 Å². The molecule has 0 unspecified atom stereocenters. The number of hydrogen-bond acceptors (Lipinski definition) is 2. The largest absolute Gasteiger partial charge is 0.481 e. The number of aliphatic carboxylic acids is 1. The third-order valence-corrected chi connectivity index (χ3v) is 6.68. The van der Waals surface area contributed by atoms with E-state index in [4.69, 9.17) is 0 Å². The van der Waals surface area contributed by atoms with Crippen molar-refractivity contribution in [2.75, 3.05) is 18.0 Å². The van der Waals surface area contributed by atoms with Gasteiger partial charge in [-0.3, -0.25) is 4.79 Å². The molecule has 0 aromatic heterocycles. The summed E-state index contributed by atoms with van der Waals surface area (Å²) in [7, 11) is 0. The van der Waals surface area contributed by atoms with Crippen molar-refractivity contribution in [1.82, 2.24) is 0 Å². The highest BCUT2D eigenvalue weighted by atomic mass is 16.4. The molecule has 2 aliphatic rings. The Hall–Kier alpha value is -2.29. The molecule has 0 saturated carbocycles. The third kappa shape index (κ3) is 3.92. The second-order valence-corrected chi connectivity index (χ2v) is 10.7. The maximum Gasteiger partial charge on any atom is 0.310 e. The minimum absolute atomic E-state index is 0.106. The molecule has 2 aromatic carbocycles. The predicted molar refractivity (Wildman–Crippen MR) is 120 cm³/mol. The summed E-state index contributed by atoms with van der Waals surface area (Å²) in [6.07, 6.45) is 3.47. The first-order chi connectivity index (χ1) is 13.5. The summed E-state index contributed by atoms with van der Waals surface area (Å²) in [6, 6.07) is 13.5. The van der Waals surface area contributed by atoms with E-state index in [0.29, 0.717) is 18.5 Å². The van der Waals surface area contributed by atoms with Crippen molar-refractivity contribution in [3.05, 3.63) is 53.1 Å². The van der Waals surface area contributed by atoms with E-state index in [1.807, 2.05) is 0 Å². The lowest BCUT2D eigenvalue weighted by Gasteiger charge is -2.39. The zero-order valence-electron chi connectivity index (χ0n) is 18.4. The Labute approximate surface area is 174 Å². The molecule has 1 aliphatic heterocycles. The van der Waals surface area contributed by atoms with Crippen molar-refractivity contribution in [2.24, 2.45) is 11.3 Å². The van der Waals surface area contributed by atoms with E-state index < -0.39 is 5.97 Å². The monoisotopic (exact) mass is 391 g/mol. The maximum absolute atomic E-state index is 11.2. The number of carboxylic acid groups (broad SMARTS) is 1. The summed E-state index contributed by atoms with van der Waals surface area (Å²) in [6.45, 7) is 12.8. The lowest BCUT2D eigenvalue weighted by molar-refractivity contribution is -0.142. The van der Waals surface area contributed by atoms with Gasteiger partial charge in [0.05, 0.1) is 5.92 Å². The average Bonchev–Trinajstić information content (AvgIpc) is 2.57. The number of hydrogen-bond donors (Lipinski definition) is 1. The minimum Gasteiger partial charge on any atom is -0.481 e. The molecule has 0 atom stereocenters. The van der Waals surface area contributed by atoms with Crippen molar-refractivity contribution in [2.45, 2.75) is 59.3 Å². The van der Waals surface area contributed by atoms with Gasteiger partial charge in [0.15, 0.2) is 0 Å². The topological polar surface area (TPSA) is 40.5 Å². The van der Waals surface area contributed by atoms with E-state index in [-0.39, 0.29) is 11.3 Å². The molecule has 154 valence electrons. The second kappa shape index (κ2) is 6.90. The summed E-state index contributed by atoms with van der Waals surface area (Å²) in [5.41, 5.74) is 8.60. The Bertz CT molecular complexity index is 946. The van der Waals surface area contributed by atoms with Gasteiger partial charge in [-0.05, 0) is 70.0 Å². The summed E-state index contributed by atoms with van der Waals surface area (Å²) >= 11 is 0. The molecule has 1 saturated heterocycles. The van der Waals surface area contributed by atoms with E-state index in [0.717, 1.165) is 18.5 Å².